The van der Waals surface area contributed by atoms with Gasteiger partial charge in [-0.15, -0.1) is 12.4 Å². The molecule has 1 heterocycles. The number of rotatable bonds is 5. The summed E-state index contributed by atoms with van der Waals surface area (Å²) in [5.41, 5.74) is 4.67. The molecule has 1 aliphatic heterocycles. The minimum atomic E-state index is 0. The van der Waals surface area contributed by atoms with Gasteiger partial charge in [0, 0.05) is 18.7 Å². The summed E-state index contributed by atoms with van der Waals surface area (Å²) < 4.78 is 5.13. The van der Waals surface area contributed by atoms with Gasteiger partial charge in [0.2, 0.25) is 5.91 Å². The Hall–Kier alpha value is -2.04. The van der Waals surface area contributed by atoms with Crippen molar-refractivity contribution < 1.29 is 9.53 Å². The van der Waals surface area contributed by atoms with Crippen LogP contribution in [0.15, 0.2) is 42.5 Å². The quantitative estimate of drug-likeness (QED) is 0.873. The third-order valence-corrected chi connectivity index (χ3v) is 4.18. The summed E-state index contributed by atoms with van der Waals surface area (Å²) in [7, 11) is 1.65. The molecule has 1 amide bonds. The van der Waals surface area contributed by atoms with Crippen molar-refractivity contribution in [2.45, 2.75) is 25.8 Å². The number of amides is 1. The Labute approximate surface area is 149 Å². The van der Waals surface area contributed by atoms with E-state index in [1.807, 2.05) is 30.3 Å². The zero-order valence-corrected chi connectivity index (χ0v) is 14.6. The Morgan fingerprint density at radius 1 is 1.17 bits per heavy atom. The predicted octanol–water partition coefficient (Wildman–Crippen LogP) is 3.33. The van der Waals surface area contributed by atoms with E-state index < -0.39 is 0 Å². The largest absolute Gasteiger partial charge is 0.497 e. The molecule has 0 radical (unpaired) electrons. The number of nitrogens with one attached hydrogen (secondary N) is 2. The highest BCUT2D eigenvalue weighted by Gasteiger charge is 2.10. The Balaban J connectivity index is 0.00000208. The van der Waals surface area contributed by atoms with Gasteiger partial charge in [-0.05, 0) is 60.3 Å². The molecule has 2 aromatic carbocycles. The number of aryl methyl sites for hydroxylation is 1. The molecule has 0 spiro atoms. The maximum atomic E-state index is 12.1. The summed E-state index contributed by atoms with van der Waals surface area (Å²) in [5.74, 6) is 0.880. The number of carbonyl (C=O) groups is 1. The van der Waals surface area contributed by atoms with E-state index in [0.717, 1.165) is 42.9 Å². The molecule has 128 valence electrons. The van der Waals surface area contributed by atoms with Crippen LogP contribution in [0.2, 0.25) is 0 Å². The fourth-order valence-electron chi connectivity index (χ4n) is 2.83. The number of halogens is 1. The number of benzene rings is 2. The van der Waals surface area contributed by atoms with Crippen LogP contribution in [-0.4, -0.2) is 19.6 Å². The molecule has 2 aromatic rings. The number of fused-ring (bicyclic) bond motifs is 1. The summed E-state index contributed by atoms with van der Waals surface area (Å²) in [6.07, 6.45) is 2.25. The monoisotopic (exact) mass is 346 g/mol. The van der Waals surface area contributed by atoms with E-state index in [0.29, 0.717) is 6.42 Å². The van der Waals surface area contributed by atoms with Crippen LogP contribution in [-0.2, 0) is 24.2 Å². The van der Waals surface area contributed by atoms with Crippen LogP contribution in [0, 0.1) is 0 Å². The van der Waals surface area contributed by atoms with Gasteiger partial charge in [0.1, 0.15) is 5.75 Å². The minimum Gasteiger partial charge on any atom is -0.497 e. The van der Waals surface area contributed by atoms with Gasteiger partial charge in [0.05, 0.1) is 7.11 Å². The molecule has 4 nitrogen and oxygen atoms in total. The highest BCUT2D eigenvalue weighted by Crippen LogP contribution is 2.19. The van der Waals surface area contributed by atoms with Crippen molar-refractivity contribution >= 4 is 24.0 Å². The van der Waals surface area contributed by atoms with Crippen LogP contribution < -0.4 is 15.4 Å². The average Bonchev–Trinajstić information content (AvgIpc) is 2.60. The second-order valence-corrected chi connectivity index (χ2v) is 5.81. The lowest BCUT2D eigenvalue weighted by molar-refractivity contribution is -0.116. The molecule has 0 unspecified atom stereocenters. The molecular weight excluding hydrogens is 324 g/mol. The first-order valence-corrected chi connectivity index (χ1v) is 8.00. The van der Waals surface area contributed by atoms with Gasteiger partial charge in [-0.1, -0.05) is 18.2 Å². The zero-order valence-electron chi connectivity index (χ0n) is 13.8. The number of carbonyl (C=O) groups excluding carboxylic acids is 1. The molecule has 3 rings (SSSR count). The van der Waals surface area contributed by atoms with Crippen molar-refractivity contribution in [1.82, 2.24) is 5.32 Å². The fourth-order valence-corrected chi connectivity index (χ4v) is 2.83. The van der Waals surface area contributed by atoms with Crippen LogP contribution in [0.25, 0.3) is 0 Å². The van der Waals surface area contributed by atoms with Gasteiger partial charge >= 0.3 is 0 Å². The molecule has 0 aromatic heterocycles. The molecule has 1 aliphatic rings. The average molecular weight is 347 g/mol. The molecule has 0 aliphatic carbocycles. The van der Waals surface area contributed by atoms with Gasteiger partial charge < -0.3 is 15.4 Å². The van der Waals surface area contributed by atoms with E-state index in [2.05, 4.69) is 22.8 Å². The Morgan fingerprint density at radius 3 is 2.71 bits per heavy atom. The van der Waals surface area contributed by atoms with Crippen LogP contribution in [0.4, 0.5) is 5.69 Å². The van der Waals surface area contributed by atoms with Crippen molar-refractivity contribution in [2.75, 3.05) is 19.0 Å². The molecule has 5 heteroatoms. The number of ether oxygens (including phenoxy) is 1. The first kappa shape index (κ1) is 18.3. The van der Waals surface area contributed by atoms with E-state index in [-0.39, 0.29) is 18.3 Å². The molecule has 0 bridgehead atoms. The number of methoxy groups -OCH3 is 1. The Bertz CT molecular complexity index is 686. The molecule has 2 N–H and O–H groups in total. The first-order chi connectivity index (χ1) is 11.2. The zero-order chi connectivity index (χ0) is 16.1. The van der Waals surface area contributed by atoms with Crippen molar-refractivity contribution in [1.29, 1.82) is 0 Å². The van der Waals surface area contributed by atoms with Gasteiger partial charge in [-0.25, -0.2) is 0 Å². The SMILES string of the molecule is COc1ccc(CCC(=O)Nc2ccc3c(c2)CNCC3)cc1.Cl. The minimum absolute atomic E-state index is 0. The Kier molecular flexibility index (Phi) is 6.64. The lowest BCUT2D eigenvalue weighted by atomic mass is 10.0. The van der Waals surface area contributed by atoms with Crippen LogP contribution in [0.3, 0.4) is 0 Å². The summed E-state index contributed by atoms with van der Waals surface area (Å²) in [6, 6.07) is 14.0. The van der Waals surface area contributed by atoms with Crippen LogP contribution in [0.5, 0.6) is 5.75 Å². The van der Waals surface area contributed by atoms with Gasteiger partial charge in [-0.2, -0.15) is 0 Å². The van der Waals surface area contributed by atoms with Gasteiger partial charge in [-0.3, -0.25) is 4.79 Å². The number of hydrogen-bond acceptors (Lipinski definition) is 3. The third kappa shape index (κ3) is 4.73. The van der Waals surface area contributed by atoms with Crippen LogP contribution in [0.1, 0.15) is 23.1 Å². The lowest BCUT2D eigenvalue weighted by Crippen LogP contribution is -2.23. The van der Waals surface area contributed by atoms with E-state index in [9.17, 15) is 4.79 Å². The van der Waals surface area contributed by atoms with Gasteiger partial charge in [0.15, 0.2) is 0 Å². The molecule has 0 fully saturated rings. The fraction of sp³-hybridized carbons (Fsp3) is 0.316. The lowest BCUT2D eigenvalue weighted by Gasteiger charge is -2.18. The topological polar surface area (TPSA) is 50.4 Å². The molecule has 0 saturated carbocycles. The normalized spacial score (nSPS) is 12.7. The van der Waals surface area contributed by atoms with E-state index in [1.165, 1.54) is 11.1 Å². The maximum absolute atomic E-state index is 12.1. The molecular formula is C19H23ClN2O2. The highest BCUT2D eigenvalue weighted by atomic mass is 35.5. The summed E-state index contributed by atoms with van der Waals surface area (Å²) in [6.45, 7) is 1.91. The Morgan fingerprint density at radius 2 is 1.96 bits per heavy atom. The van der Waals surface area contributed by atoms with Crippen molar-refractivity contribution in [2.24, 2.45) is 0 Å². The second-order valence-electron chi connectivity index (χ2n) is 5.81. The van der Waals surface area contributed by atoms with Gasteiger partial charge in [0.25, 0.3) is 0 Å². The highest BCUT2D eigenvalue weighted by molar-refractivity contribution is 5.91. The van der Waals surface area contributed by atoms with Crippen molar-refractivity contribution in [3.63, 3.8) is 0 Å². The predicted molar refractivity (Wildman–Crippen MR) is 99.0 cm³/mol. The van der Waals surface area contributed by atoms with E-state index >= 15 is 0 Å². The summed E-state index contributed by atoms with van der Waals surface area (Å²) in [4.78, 5) is 12.1. The first-order valence-electron chi connectivity index (χ1n) is 8.00. The molecule has 0 saturated heterocycles. The molecule has 0 atom stereocenters. The smallest absolute Gasteiger partial charge is 0.224 e. The third-order valence-electron chi connectivity index (χ3n) is 4.18. The maximum Gasteiger partial charge on any atom is 0.224 e. The van der Waals surface area contributed by atoms with E-state index in [1.54, 1.807) is 7.11 Å². The van der Waals surface area contributed by atoms with Crippen LogP contribution >= 0.6 is 12.4 Å². The molecule has 24 heavy (non-hydrogen) atoms. The van der Waals surface area contributed by atoms with Crippen molar-refractivity contribution in [3.05, 3.63) is 59.2 Å². The number of hydrogen-bond donors (Lipinski definition) is 2. The second kappa shape index (κ2) is 8.71. The van der Waals surface area contributed by atoms with Crippen molar-refractivity contribution in [3.8, 4) is 5.75 Å². The number of anilines is 1. The summed E-state index contributed by atoms with van der Waals surface area (Å²) >= 11 is 0. The summed E-state index contributed by atoms with van der Waals surface area (Å²) in [5, 5.41) is 6.35. The van der Waals surface area contributed by atoms with E-state index in [4.69, 9.17) is 4.74 Å². The standard InChI is InChI=1S/C19H22N2O2.ClH/c1-23-18-7-2-14(3-8-18)4-9-19(22)21-17-6-5-15-10-11-20-13-16(15)12-17;/h2-3,5-8,12,20H,4,9-11,13H2,1H3,(H,21,22);1H.